The maximum absolute atomic E-state index is 14.5. The zero-order chi connectivity index (χ0) is 93.2. The van der Waals surface area contributed by atoms with Crippen LogP contribution in [-0.2, 0) is 137 Å². The summed E-state index contributed by atoms with van der Waals surface area (Å²) in [5, 5.41) is 14.7. The molecule has 2 unspecified atom stereocenters. The van der Waals surface area contributed by atoms with Crippen LogP contribution in [0.1, 0.15) is 178 Å². The van der Waals surface area contributed by atoms with Gasteiger partial charge in [-0.2, -0.15) is 0 Å². The van der Waals surface area contributed by atoms with Crippen LogP contribution in [0.4, 0.5) is 0 Å². The lowest BCUT2D eigenvalue weighted by Gasteiger charge is -2.25. The Morgan fingerprint density at radius 1 is 0.244 bits per heavy atom. The molecule has 1 saturated heterocycles. The number of benzene rings is 1. The lowest BCUT2D eigenvalue weighted by Crippen LogP contribution is -2.48. The van der Waals surface area contributed by atoms with E-state index in [1.807, 2.05) is 0 Å². The number of rotatable bonds is 31. The van der Waals surface area contributed by atoms with Gasteiger partial charge in [-0.3, -0.25) is 4.79 Å². The van der Waals surface area contributed by atoms with E-state index >= 15 is 0 Å². The molecule has 0 aromatic heterocycles. The molecule has 0 bridgehead atoms. The van der Waals surface area contributed by atoms with Gasteiger partial charge < -0.3 is 162 Å². The molecule has 35 heteroatoms. The van der Waals surface area contributed by atoms with Crippen molar-refractivity contribution in [3.8, 4) is 17.2 Å². The van der Waals surface area contributed by atoms with E-state index in [0.29, 0.717) is 380 Å². The van der Waals surface area contributed by atoms with Gasteiger partial charge in [-0.15, -0.1) is 0 Å². The molecule has 1 aliphatic heterocycles. The standard InChI is InChI=1S/C96H183NO34/c1-4-6-8-10-12-14-16-18-20-22-24-26-28-130-93-86-90(87-94(95(93)100-3)131-29-27-25-23-21-19-17-15-13-11-9-7-5-2)96(99)97-91-88-128-84-82-126-80-78-124-76-74-122-72-70-120-68-66-118-64-62-116-60-58-114-56-54-112-52-50-110-48-46-108-44-42-106-40-38-104-36-34-102-32-30-101-31-33-103-35-37-105-39-41-107-43-45-109-47-49-111-51-53-113-55-57-115-59-61-117-63-65-119-67-69-121-71-73-123-75-77-125-79-81-127-83-85-129-89-92(91)98/h86-87,91-92,98H,4-85,88-89H2,1-3H3,(H,97,99). The third-order valence-corrected chi connectivity index (χ3v) is 19.8. The van der Waals surface area contributed by atoms with Gasteiger partial charge in [0.15, 0.2) is 11.5 Å². The zero-order valence-electron chi connectivity index (χ0n) is 81.6. The summed E-state index contributed by atoms with van der Waals surface area (Å²) in [4.78, 5) is 14.5. The van der Waals surface area contributed by atoms with Gasteiger partial charge in [-0.25, -0.2) is 0 Å². The van der Waals surface area contributed by atoms with Crippen LogP contribution in [0.2, 0.25) is 0 Å². The van der Waals surface area contributed by atoms with Crippen LogP contribution in [0.25, 0.3) is 0 Å². The van der Waals surface area contributed by atoms with Crippen molar-refractivity contribution >= 4 is 5.91 Å². The second kappa shape index (κ2) is 107. The predicted molar refractivity (Wildman–Crippen MR) is 497 cm³/mol. The number of hydrogen-bond acceptors (Lipinski definition) is 34. The smallest absolute Gasteiger partial charge is 0.251 e. The van der Waals surface area contributed by atoms with Crippen molar-refractivity contribution in [1.82, 2.24) is 5.32 Å². The Balaban J connectivity index is 1.82. The van der Waals surface area contributed by atoms with Crippen LogP contribution in [-0.4, -0.2) is 427 Å². The van der Waals surface area contributed by atoms with Crippen molar-refractivity contribution in [2.45, 2.75) is 180 Å². The molecule has 1 amide bonds. The van der Waals surface area contributed by atoms with Gasteiger partial charge in [0.1, 0.15) is 0 Å². The lowest BCUT2D eigenvalue weighted by molar-refractivity contribution is -0.0402. The van der Waals surface area contributed by atoms with Crippen molar-refractivity contribution in [3.05, 3.63) is 17.7 Å². The Kier molecular flexibility index (Phi) is 102. The molecule has 2 atom stereocenters. The number of nitrogens with one attached hydrogen (secondary N) is 1. The van der Waals surface area contributed by atoms with Crippen LogP contribution in [0.3, 0.4) is 0 Å². The summed E-state index contributed by atoms with van der Waals surface area (Å²) in [6.07, 6.45) is 28.4. The van der Waals surface area contributed by atoms with Crippen molar-refractivity contribution in [2.24, 2.45) is 0 Å². The molecule has 0 aliphatic carbocycles. The second-order valence-corrected chi connectivity index (χ2v) is 30.8. The Hall–Kier alpha value is -3.11. The summed E-state index contributed by atoms with van der Waals surface area (Å²) < 4.78 is 182. The molecular formula is C96H183NO34. The highest BCUT2D eigenvalue weighted by atomic mass is 16.6. The fourth-order valence-electron chi connectivity index (χ4n) is 12.5. The molecule has 1 aromatic carbocycles. The van der Waals surface area contributed by atoms with E-state index in [9.17, 15) is 9.90 Å². The van der Waals surface area contributed by atoms with Gasteiger partial charge in [-0.05, 0) is 25.0 Å². The van der Waals surface area contributed by atoms with Crippen LogP contribution in [0.15, 0.2) is 12.1 Å². The highest BCUT2D eigenvalue weighted by molar-refractivity contribution is 5.96. The van der Waals surface area contributed by atoms with Crippen molar-refractivity contribution < 1.29 is 161 Å². The Bertz CT molecular complexity index is 2330. The molecule has 0 radical (unpaired) electrons. The first-order valence-electron chi connectivity index (χ1n) is 49.8. The number of unbranched alkanes of at least 4 members (excludes halogenated alkanes) is 22. The molecule has 776 valence electrons. The van der Waals surface area contributed by atoms with Crippen LogP contribution in [0, 0.1) is 0 Å². The van der Waals surface area contributed by atoms with E-state index in [1.54, 1.807) is 19.2 Å². The van der Waals surface area contributed by atoms with Crippen LogP contribution in [0.5, 0.6) is 17.2 Å². The van der Waals surface area contributed by atoms with E-state index in [1.165, 1.54) is 116 Å². The average Bonchev–Trinajstić information content (AvgIpc) is 0.812. The number of amides is 1. The molecule has 35 nitrogen and oxygen atoms in total. The summed E-state index contributed by atoms with van der Waals surface area (Å²) in [5.41, 5.74) is 0.295. The van der Waals surface area contributed by atoms with Gasteiger partial charge in [0.05, 0.1) is 416 Å². The van der Waals surface area contributed by atoms with Crippen LogP contribution < -0.4 is 19.5 Å². The molecule has 0 spiro atoms. The molecule has 0 saturated carbocycles. The van der Waals surface area contributed by atoms with Crippen molar-refractivity contribution in [3.63, 3.8) is 0 Å². The Labute approximate surface area is 787 Å². The van der Waals surface area contributed by atoms with Crippen molar-refractivity contribution in [1.29, 1.82) is 0 Å². The number of methoxy groups -OCH3 is 1. The molecule has 1 aromatic rings. The quantitative estimate of drug-likeness (QED) is 0.0652. The fraction of sp³-hybridized carbons (Fsp3) is 0.927. The number of carbonyl (C=O) groups excluding carboxylic acids is 1. The maximum Gasteiger partial charge on any atom is 0.251 e. The van der Waals surface area contributed by atoms with Gasteiger partial charge in [0, 0.05) is 5.56 Å². The minimum absolute atomic E-state index is 0.0331. The fourth-order valence-corrected chi connectivity index (χ4v) is 12.5. The van der Waals surface area contributed by atoms with Gasteiger partial charge >= 0.3 is 0 Å². The summed E-state index contributed by atoms with van der Waals surface area (Å²) in [5.74, 6) is 0.849. The van der Waals surface area contributed by atoms with E-state index in [-0.39, 0.29) is 39.6 Å². The Morgan fingerprint density at radius 3 is 0.565 bits per heavy atom. The molecule has 1 aliphatic rings. The first kappa shape index (κ1) is 124. The molecule has 1 fully saturated rings. The number of ether oxygens (including phenoxy) is 32. The van der Waals surface area contributed by atoms with E-state index in [0.717, 1.165) is 38.5 Å². The van der Waals surface area contributed by atoms with Crippen molar-refractivity contribution in [2.75, 3.05) is 404 Å². The number of aliphatic hydroxyl groups excluding tert-OH is 1. The molecule has 2 N–H and O–H groups in total. The average molecular weight is 1900 g/mol. The molecule has 2 rings (SSSR count). The third-order valence-electron chi connectivity index (χ3n) is 19.8. The summed E-state index contributed by atoms with van der Waals surface area (Å²) in [6.45, 7) is 29.5. The monoisotopic (exact) mass is 1890 g/mol. The van der Waals surface area contributed by atoms with Gasteiger partial charge in [-0.1, -0.05) is 155 Å². The maximum atomic E-state index is 14.5. The summed E-state index contributed by atoms with van der Waals surface area (Å²) >= 11 is 0. The largest absolute Gasteiger partial charge is 0.490 e. The molecule has 1 heterocycles. The highest BCUT2D eigenvalue weighted by Gasteiger charge is 2.26. The van der Waals surface area contributed by atoms with E-state index in [2.05, 4.69) is 19.2 Å². The van der Waals surface area contributed by atoms with E-state index in [4.69, 9.17) is 152 Å². The van der Waals surface area contributed by atoms with Crippen LogP contribution >= 0.6 is 0 Å². The second-order valence-electron chi connectivity index (χ2n) is 30.8. The molecule has 131 heavy (non-hydrogen) atoms. The third kappa shape index (κ3) is 91.7. The highest BCUT2D eigenvalue weighted by Crippen LogP contribution is 2.39. The first-order chi connectivity index (χ1) is 65.1. The molecular weight excluding hydrogens is 1710 g/mol. The first-order valence-corrected chi connectivity index (χ1v) is 49.8. The summed E-state index contributed by atoms with van der Waals surface area (Å²) in [7, 11) is 1.60. The van der Waals surface area contributed by atoms with Gasteiger partial charge in [0.25, 0.3) is 5.91 Å². The number of hydrogen-bond donors (Lipinski definition) is 2. The normalized spacial score (nSPS) is 21.1. The minimum atomic E-state index is -1.15. The topological polar surface area (TPSA) is 345 Å². The SMILES string of the molecule is CCCCCCCCCCCCCCOc1cc(C(=O)NC2COCCOCCOCCOCCOCCOCCOCCOCCOCCOCCOCCOCCOCCOCCOCCOCCOCCOCCOCCOCCOCCOCCOCCOCCOCCOCCOCCOCCOCC2O)cc(OCCCCCCCCCCCCCC)c1OC. The number of carbonyl (C=O) groups is 1. The van der Waals surface area contributed by atoms with Gasteiger partial charge in [0.2, 0.25) is 5.75 Å². The zero-order valence-corrected chi connectivity index (χ0v) is 81.6. The predicted octanol–water partition coefficient (Wildman–Crippen LogP) is 10.8. The lowest BCUT2D eigenvalue weighted by atomic mass is 10.1. The Morgan fingerprint density at radius 2 is 0.397 bits per heavy atom. The summed E-state index contributed by atoms with van der Waals surface area (Å²) in [6, 6.07) is 2.51. The van der Waals surface area contributed by atoms with E-state index < -0.39 is 18.1 Å². The minimum Gasteiger partial charge on any atom is -0.490 e. The number of aliphatic hydroxyl groups is 1.